The second-order valence-corrected chi connectivity index (χ2v) is 2.83. The highest BCUT2D eigenvalue weighted by Gasteiger charge is 2.20. The van der Waals surface area contributed by atoms with E-state index in [1.54, 1.807) is 6.07 Å². The fourth-order valence-corrected chi connectivity index (χ4v) is 1.21. The molecular formula is C9H6F2N2O3. The molecule has 0 saturated carbocycles. The number of rotatable bonds is 3. The summed E-state index contributed by atoms with van der Waals surface area (Å²) in [4.78, 5) is 9.81. The van der Waals surface area contributed by atoms with Crippen LogP contribution in [0.4, 0.5) is 14.5 Å². The van der Waals surface area contributed by atoms with Gasteiger partial charge in [-0.2, -0.15) is 14.0 Å². The van der Waals surface area contributed by atoms with Crippen LogP contribution in [-0.4, -0.2) is 11.5 Å². The largest absolute Gasteiger partial charge is 0.433 e. The normalized spacial score (nSPS) is 9.94. The molecule has 0 N–H and O–H groups in total. The highest BCUT2D eigenvalue weighted by molar-refractivity contribution is 5.57. The van der Waals surface area contributed by atoms with Crippen molar-refractivity contribution in [2.75, 3.05) is 0 Å². The Morgan fingerprint density at radius 2 is 2.19 bits per heavy atom. The number of hydrogen-bond donors (Lipinski definition) is 0. The lowest BCUT2D eigenvalue weighted by atomic mass is 10.1. The van der Waals surface area contributed by atoms with E-state index in [0.717, 1.165) is 12.1 Å². The van der Waals surface area contributed by atoms with Gasteiger partial charge in [-0.15, -0.1) is 0 Å². The number of halogens is 2. The molecule has 0 radical (unpaired) electrons. The van der Waals surface area contributed by atoms with Crippen LogP contribution in [0.3, 0.4) is 0 Å². The molecule has 0 heterocycles. The highest BCUT2D eigenvalue weighted by atomic mass is 19.3. The number of ether oxygens (including phenoxy) is 1. The van der Waals surface area contributed by atoms with E-state index in [4.69, 9.17) is 5.26 Å². The summed E-state index contributed by atoms with van der Waals surface area (Å²) in [6, 6.07) is 3.77. The van der Waals surface area contributed by atoms with Crippen molar-refractivity contribution < 1.29 is 18.4 Å². The maximum Gasteiger partial charge on any atom is 0.387 e. The number of nitrogens with zero attached hydrogens (tertiary/aromatic N) is 2. The molecule has 16 heavy (non-hydrogen) atoms. The smallest absolute Gasteiger partial charge is 0.387 e. The van der Waals surface area contributed by atoms with E-state index in [1.807, 2.05) is 0 Å². The molecule has 0 unspecified atom stereocenters. The first kappa shape index (κ1) is 11.8. The van der Waals surface area contributed by atoms with Crippen LogP contribution in [0, 0.1) is 28.4 Å². The summed E-state index contributed by atoms with van der Waals surface area (Å²) in [5, 5.41) is 19.2. The molecule has 0 aliphatic rings. The molecule has 0 aliphatic carbocycles. The van der Waals surface area contributed by atoms with E-state index in [2.05, 4.69) is 4.74 Å². The summed E-state index contributed by atoms with van der Waals surface area (Å²) in [6.07, 6.45) is 0. The third kappa shape index (κ3) is 2.23. The lowest BCUT2D eigenvalue weighted by molar-refractivity contribution is -0.385. The van der Waals surface area contributed by atoms with Crippen molar-refractivity contribution in [3.05, 3.63) is 33.4 Å². The van der Waals surface area contributed by atoms with Crippen LogP contribution >= 0.6 is 0 Å². The predicted octanol–water partition coefficient (Wildman–Crippen LogP) is 2.38. The molecule has 1 aromatic carbocycles. The Labute approximate surface area is 89.0 Å². The topological polar surface area (TPSA) is 76.2 Å². The third-order valence-corrected chi connectivity index (χ3v) is 1.90. The van der Waals surface area contributed by atoms with Gasteiger partial charge in [0.25, 0.3) is 5.69 Å². The summed E-state index contributed by atoms with van der Waals surface area (Å²) in [7, 11) is 0. The van der Waals surface area contributed by atoms with Gasteiger partial charge in [0.15, 0.2) is 5.75 Å². The van der Waals surface area contributed by atoms with E-state index >= 15 is 0 Å². The standard InChI is InChI=1S/C9H6F2N2O3/c1-5-7(13(14)15)3-2-6(4-12)8(5)16-9(10)11/h2-3,9H,1H3. The zero-order valence-corrected chi connectivity index (χ0v) is 8.11. The van der Waals surface area contributed by atoms with Gasteiger partial charge in [-0.3, -0.25) is 10.1 Å². The average Bonchev–Trinajstić information content (AvgIpc) is 2.19. The van der Waals surface area contributed by atoms with Crippen LogP contribution < -0.4 is 4.74 Å². The highest BCUT2D eigenvalue weighted by Crippen LogP contribution is 2.31. The lowest BCUT2D eigenvalue weighted by Gasteiger charge is -2.09. The average molecular weight is 228 g/mol. The maximum atomic E-state index is 12.0. The van der Waals surface area contributed by atoms with Gasteiger partial charge in [0.1, 0.15) is 6.07 Å². The van der Waals surface area contributed by atoms with Gasteiger partial charge >= 0.3 is 6.61 Å². The van der Waals surface area contributed by atoms with Crippen LogP contribution in [0.1, 0.15) is 11.1 Å². The Morgan fingerprint density at radius 1 is 1.56 bits per heavy atom. The van der Waals surface area contributed by atoms with E-state index in [9.17, 15) is 18.9 Å². The Morgan fingerprint density at radius 3 is 2.62 bits per heavy atom. The number of alkyl halides is 2. The summed E-state index contributed by atoms with van der Waals surface area (Å²) in [6.45, 7) is -1.88. The van der Waals surface area contributed by atoms with Crippen LogP contribution in [0.15, 0.2) is 12.1 Å². The van der Waals surface area contributed by atoms with E-state index in [1.165, 1.54) is 6.92 Å². The van der Waals surface area contributed by atoms with Gasteiger partial charge < -0.3 is 4.74 Å². The first-order valence-electron chi connectivity index (χ1n) is 4.10. The summed E-state index contributed by atoms with van der Waals surface area (Å²) in [5.41, 5.74) is -0.623. The van der Waals surface area contributed by atoms with Gasteiger partial charge in [-0.25, -0.2) is 0 Å². The fraction of sp³-hybridized carbons (Fsp3) is 0.222. The molecule has 1 aromatic rings. The molecule has 0 fully saturated rings. The minimum absolute atomic E-state index is 0.0932. The van der Waals surface area contributed by atoms with Crippen molar-refractivity contribution in [3.8, 4) is 11.8 Å². The molecule has 0 bridgehead atoms. The summed E-state index contributed by atoms with van der Waals surface area (Å²) >= 11 is 0. The molecule has 1 rings (SSSR count). The molecular weight excluding hydrogens is 222 g/mol. The number of nitro benzene ring substituents is 1. The lowest BCUT2D eigenvalue weighted by Crippen LogP contribution is -2.06. The molecule has 0 aromatic heterocycles. The molecule has 7 heteroatoms. The third-order valence-electron chi connectivity index (χ3n) is 1.90. The van der Waals surface area contributed by atoms with Crippen LogP contribution in [0.2, 0.25) is 0 Å². The van der Waals surface area contributed by atoms with Gasteiger partial charge in [-0.05, 0) is 13.0 Å². The monoisotopic (exact) mass is 228 g/mol. The number of benzene rings is 1. The molecule has 84 valence electrons. The number of hydrogen-bond acceptors (Lipinski definition) is 4. The minimum atomic E-state index is -3.13. The molecule has 0 spiro atoms. The van der Waals surface area contributed by atoms with Crippen LogP contribution in [0.5, 0.6) is 5.75 Å². The Kier molecular flexibility index (Phi) is 3.35. The SMILES string of the molecule is Cc1c([N+](=O)[O-])ccc(C#N)c1OC(F)F. The van der Waals surface area contributed by atoms with E-state index in [0.29, 0.717) is 0 Å². The van der Waals surface area contributed by atoms with Gasteiger partial charge in [0.05, 0.1) is 16.1 Å². The molecule has 5 nitrogen and oxygen atoms in total. The van der Waals surface area contributed by atoms with Crippen molar-refractivity contribution in [2.24, 2.45) is 0 Å². The molecule has 0 aliphatic heterocycles. The molecule has 0 amide bonds. The second kappa shape index (κ2) is 4.53. The summed E-state index contributed by atoms with van der Waals surface area (Å²) < 4.78 is 28.2. The summed E-state index contributed by atoms with van der Waals surface area (Å²) in [5.74, 6) is -0.452. The van der Waals surface area contributed by atoms with E-state index in [-0.39, 0.29) is 16.8 Å². The van der Waals surface area contributed by atoms with Crippen molar-refractivity contribution >= 4 is 5.69 Å². The molecule has 0 saturated heterocycles. The zero-order valence-electron chi connectivity index (χ0n) is 8.11. The van der Waals surface area contributed by atoms with Crippen LogP contribution in [0.25, 0.3) is 0 Å². The Hall–Kier alpha value is -2.23. The van der Waals surface area contributed by atoms with Crippen molar-refractivity contribution in [2.45, 2.75) is 13.5 Å². The quantitative estimate of drug-likeness (QED) is 0.587. The van der Waals surface area contributed by atoms with Crippen molar-refractivity contribution in [1.29, 1.82) is 5.26 Å². The first-order chi connectivity index (χ1) is 7.47. The van der Waals surface area contributed by atoms with E-state index < -0.39 is 17.3 Å². The zero-order chi connectivity index (χ0) is 12.3. The maximum absolute atomic E-state index is 12.0. The van der Waals surface area contributed by atoms with Gasteiger partial charge in [0, 0.05) is 6.07 Å². The minimum Gasteiger partial charge on any atom is -0.433 e. The van der Waals surface area contributed by atoms with Gasteiger partial charge in [-0.1, -0.05) is 0 Å². The Bertz CT molecular complexity index is 469. The first-order valence-corrected chi connectivity index (χ1v) is 4.10. The number of nitriles is 1. The van der Waals surface area contributed by atoms with Crippen molar-refractivity contribution in [1.82, 2.24) is 0 Å². The predicted molar refractivity (Wildman–Crippen MR) is 49.2 cm³/mol. The van der Waals surface area contributed by atoms with Gasteiger partial charge in [0.2, 0.25) is 0 Å². The second-order valence-electron chi connectivity index (χ2n) is 2.83. The van der Waals surface area contributed by atoms with Crippen molar-refractivity contribution in [3.63, 3.8) is 0 Å². The number of nitro groups is 1. The Balaban J connectivity index is 3.36. The fourth-order valence-electron chi connectivity index (χ4n) is 1.21. The molecule has 0 atom stereocenters. The van der Waals surface area contributed by atoms with Crippen LogP contribution in [-0.2, 0) is 0 Å².